The maximum absolute atomic E-state index is 13.2. The third-order valence-corrected chi connectivity index (χ3v) is 9.98. The van der Waals surface area contributed by atoms with E-state index in [2.05, 4.69) is 16.7 Å². The van der Waals surface area contributed by atoms with Crippen molar-refractivity contribution in [3.8, 4) is 0 Å². The van der Waals surface area contributed by atoms with Crippen molar-refractivity contribution in [3.05, 3.63) is 99.3 Å². The van der Waals surface area contributed by atoms with Gasteiger partial charge >= 0.3 is 15.5 Å². The number of hydrogen-bond acceptors (Lipinski definition) is 3. The van der Waals surface area contributed by atoms with Gasteiger partial charge in [0.2, 0.25) is 0 Å². The molecule has 0 bridgehead atoms. The monoisotopic (exact) mass is 607 g/mol. The first kappa shape index (κ1) is 27.6. The second-order valence-electron chi connectivity index (χ2n) is 10.5. The van der Waals surface area contributed by atoms with Gasteiger partial charge in [0.25, 0.3) is 0 Å². The lowest BCUT2D eigenvalue weighted by Gasteiger charge is -2.33. The summed E-state index contributed by atoms with van der Waals surface area (Å²) in [6, 6.07) is 21.4. The number of rotatable bonds is 6. The van der Waals surface area contributed by atoms with E-state index in [-0.39, 0.29) is 37.9 Å². The lowest BCUT2D eigenvalue weighted by molar-refractivity contribution is -0.0496. The molecule has 2 aliphatic rings. The van der Waals surface area contributed by atoms with Gasteiger partial charge in [-0.05, 0) is 78.8 Å². The molecular weight excluding hydrogens is 582 g/mol. The lowest BCUT2D eigenvalue weighted by Crippen LogP contribution is -2.45. The van der Waals surface area contributed by atoms with Crippen LogP contribution in [-0.2, 0) is 10.0 Å². The fourth-order valence-corrected chi connectivity index (χ4v) is 6.93. The standard InChI is InChI=1S/C29H26Cl2F3N3O2S/c30-22-8-3-18(4-9-22)27(19-5-10-23(31)11-6-19)21-7-12-25-26(17-21)37(28(35-25)20-1-2-20)24-13-15-36(16-14-24)40(38,39)29(32,33)34/h3-12,17,20,24,27H,1-2,13-16H2. The van der Waals surface area contributed by atoms with E-state index < -0.39 is 15.5 Å². The lowest BCUT2D eigenvalue weighted by atomic mass is 9.85. The zero-order chi connectivity index (χ0) is 28.2. The zero-order valence-electron chi connectivity index (χ0n) is 21.3. The molecule has 0 atom stereocenters. The Kier molecular flexibility index (Phi) is 7.14. The molecule has 0 radical (unpaired) electrons. The highest BCUT2D eigenvalue weighted by Gasteiger charge is 2.50. The van der Waals surface area contributed by atoms with E-state index in [1.807, 2.05) is 54.6 Å². The average Bonchev–Trinajstić information content (AvgIpc) is 3.70. The number of aromatic nitrogens is 2. The van der Waals surface area contributed by atoms with Crippen LogP contribution in [0, 0.1) is 0 Å². The third-order valence-electron chi connectivity index (χ3n) is 7.84. The third kappa shape index (κ3) is 5.13. The molecule has 2 fully saturated rings. The SMILES string of the molecule is O=S(=O)(N1CCC(n2c(C3CC3)nc3ccc(C(c4ccc(Cl)cc4)c4ccc(Cl)cc4)cc32)CC1)C(F)(F)F. The Morgan fingerprint density at radius 3 is 1.82 bits per heavy atom. The number of halogens is 5. The molecule has 0 amide bonds. The highest BCUT2D eigenvalue weighted by atomic mass is 35.5. The number of nitrogens with zero attached hydrogens (tertiary/aromatic N) is 3. The summed E-state index contributed by atoms with van der Waals surface area (Å²) in [6.45, 7) is -0.373. The molecule has 4 aromatic rings. The van der Waals surface area contributed by atoms with Crippen molar-refractivity contribution < 1.29 is 21.6 Å². The molecule has 1 aromatic heterocycles. The number of fused-ring (bicyclic) bond motifs is 1. The minimum absolute atomic E-state index is 0.120. The topological polar surface area (TPSA) is 55.2 Å². The van der Waals surface area contributed by atoms with Crippen LogP contribution in [0.15, 0.2) is 66.7 Å². The van der Waals surface area contributed by atoms with Gasteiger partial charge < -0.3 is 4.57 Å². The Bertz CT molecular complexity index is 1600. The summed E-state index contributed by atoms with van der Waals surface area (Å²) >= 11 is 12.4. The number of alkyl halides is 3. The van der Waals surface area contributed by atoms with Crippen LogP contribution < -0.4 is 0 Å². The minimum atomic E-state index is -5.34. The molecule has 6 rings (SSSR count). The molecule has 0 spiro atoms. The molecule has 2 heterocycles. The van der Waals surface area contributed by atoms with Crippen molar-refractivity contribution in [2.75, 3.05) is 13.1 Å². The Hall–Kier alpha value is -2.59. The molecule has 1 saturated carbocycles. The molecule has 1 saturated heterocycles. The van der Waals surface area contributed by atoms with E-state index in [1.54, 1.807) is 0 Å². The van der Waals surface area contributed by atoms with Gasteiger partial charge in [-0.3, -0.25) is 0 Å². The van der Waals surface area contributed by atoms with Crippen LogP contribution in [0.3, 0.4) is 0 Å². The molecule has 5 nitrogen and oxygen atoms in total. The van der Waals surface area contributed by atoms with E-state index in [0.29, 0.717) is 20.3 Å². The highest BCUT2D eigenvalue weighted by molar-refractivity contribution is 7.90. The average molecular weight is 609 g/mol. The van der Waals surface area contributed by atoms with E-state index in [1.165, 1.54) is 0 Å². The summed E-state index contributed by atoms with van der Waals surface area (Å²) in [6.07, 6.45) is 2.58. The minimum Gasteiger partial charge on any atom is -0.325 e. The van der Waals surface area contributed by atoms with Crippen LogP contribution in [0.1, 0.15) is 66.1 Å². The van der Waals surface area contributed by atoms with Crippen molar-refractivity contribution in [1.82, 2.24) is 13.9 Å². The summed E-state index contributed by atoms with van der Waals surface area (Å²) in [5, 5.41) is 1.28. The van der Waals surface area contributed by atoms with Crippen LogP contribution in [0.5, 0.6) is 0 Å². The second-order valence-corrected chi connectivity index (χ2v) is 13.3. The van der Waals surface area contributed by atoms with Gasteiger partial charge in [0.05, 0.1) is 11.0 Å². The molecule has 40 heavy (non-hydrogen) atoms. The van der Waals surface area contributed by atoms with Crippen molar-refractivity contribution in [1.29, 1.82) is 0 Å². The fraction of sp³-hybridized carbons (Fsp3) is 0.345. The van der Waals surface area contributed by atoms with E-state index in [9.17, 15) is 21.6 Å². The number of benzene rings is 3. The smallest absolute Gasteiger partial charge is 0.325 e. The Labute approximate surface area is 240 Å². The summed E-state index contributed by atoms with van der Waals surface area (Å²) in [5.74, 6) is 1.11. The molecule has 0 N–H and O–H groups in total. The predicted molar refractivity (Wildman–Crippen MR) is 150 cm³/mol. The Morgan fingerprint density at radius 2 is 1.32 bits per heavy atom. The van der Waals surface area contributed by atoms with Crippen molar-refractivity contribution >= 4 is 44.3 Å². The van der Waals surface area contributed by atoms with Crippen molar-refractivity contribution in [3.63, 3.8) is 0 Å². The molecule has 1 aliphatic heterocycles. The number of hydrogen-bond donors (Lipinski definition) is 0. The van der Waals surface area contributed by atoms with Crippen LogP contribution in [0.4, 0.5) is 13.2 Å². The first-order valence-electron chi connectivity index (χ1n) is 13.1. The largest absolute Gasteiger partial charge is 0.511 e. The molecule has 1 aliphatic carbocycles. The normalized spacial score (nSPS) is 17.6. The van der Waals surface area contributed by atoms with Gasteiger partial charge in [0, 0.05) is 41.0 Å². The van der Waals surface area contributed by atoms with Gasteiger partial charge in [-0.2, -0.15) is 17.5 Å². The summed E-state index contributed by atoms with van der Waals surface area (Å²) < 4.78 is 66.2. The van der Waals surface area contributed by atoms with Crippen LogP contribution >= 0.6 is 23.2 Å². The molecule has 210 valence electrons. The van der Waals surface area contributed by atoms with Gasteiger partial charge in [-0.1, -0.05) is 53.5 Å². The quantitative estimate of drug-likeness (QED) is 0.209. The summed E-state index contributed by atoms with van der Waals surface area (Å²) in [7, 11) is -5.34. The zero-order valence-corrected chi connectivity index (χ0v) is 23.6. The summed E-state index contributed by atoms with van der Waals surface area (Å²) in [5.41, 5.74) is -0.451. The van der Waals surface area contributed by atoms with E-state index in [0.717, 1.165) is 46.4 Å². The van der Waals surface area contributed by atoms with Gasteiger partial charge in [-0.15, -0.1) is 0 Å². The van der Waals surface area contributed by atoms with E-state index in [4.69, 9.17) is 28.2 Å². The Balaban J connectivity index is 1.41. The number of imidazole rings is 1. The van der Waals surface area contributed by atoms with Gasteiger partial charge in [0.1, 0.15) is 5.82 Å². The maximum Gasteiger partial charge on any atom is 0.511 e. The van der Waals surface area contributed by atoms with Gasteiger partial charge in [0.15, 0.2) is 0 Å². The molecule has 0 unspecified atom stereocenters. The number of piperidine rings is 1. The first-order chi connectivity index (χ1) is 19.0. The summed E-state index contributed by atoms with van der Waals surface area (Å²) in [4.78, 5) is 4.94. The fourth-order valence-electron chi connectivity index (χ4n) is 5.70. The predicted octanol–water partition coefficient (Wildman–Crippen LogP) is 7.89. The van der Waals surface area contributed by atoms with E-state index >= 15 is 0 Å². The Morgan fingerprint density at radius 1 is 0.800 bits per heavy atom. The second kappa shape index (κ2) is 10.4. The first-order valence-corrected chi connectivity index (χ1v) is 15.3. The maximum atomic E-state index is 13.2. The van der Waals surface area contributed by atoms with Crippen LogP contribution in [0.2, 0.25) is 10.0 Å². The number of sulfonamides is 1. The molecule has 3 aromatic carbocycles. The van der Waals surface area contributed by atoms with Crippen molar-refractivity contribution in [2.45, 2.75) is 49.1 Å². The molecule has 11 heteroatoms. The molecular formula is C29H26Cl2F3N3O2S. The van der Waals surface area contributed by atoms with Crippen LogP contribution in [0.25, 0.3) is 11.0 Å². The highest BCUT2D eigenvalue weighted by Crippen LogP contribution is 2.44. The van der Waals surface area contributed by atoms with Gasteiger partial charge in [-0.25, -0.2) is 13.4 Å². The van der Waals surface area contributed by atoms with Crippen LogP contribution in [-0.4, -0.2) is 40.9 Å². The van der Waals surface area contributed by atoms with Crippen molar-refractivity contribution in [2.24, 2.45) is 0 Å².